The Morgan fingerprint density at radius 3 is 2.67 bits per heavy atom. The number of anilines is 1. The van der Waals surface area contributed by atoms with Crippen LogP contribution in [0.5, 0.6) is 11.5 Å². The summed E-state index contributed by atoms with van der Waals surface area (Å²) in [5.41, 5.74) is 2.58. The molecular formula is C20H18N4O3. The van der Waals surface area contributed by atoms with Crippen LogP contribution in [0, 0.1) is 0 Å². The Morgan fingerprint density at radius 1 is 0.963 bits per heavy atom. The number of hydrogen-bond acceptors (Lipinski definition) is 7. The molecule has 7 nitrogen and oxygen atoms in total. The van der Waals surface area contributed by atoms with Crippen LogP contribution in [0.4, 0.5) is 5.69 Å². The number of methoxy groups -OCH3 is 2. The second kappa shape index (κ2) is 7.33. The zero-order valence-electron chi connectivity index (χ0n) is 15.0. The lowest BCUT2D eigenvalue weighted by Crippen LogP contribution is -2.00. The summed E-state index contributed by atoms with van der Waals surface area (Å²) in [7, 11) is 3.18. The van der Waals surface area contributed by atoms with E-state index in [1.807, 2.05) is 36.4 Å². The topological polar surface area (TPSA) is 82.3 Å². The van der Waals surface area contributed by atoms with Crippen LogP contribution in [-0.2, 0) is 6.54 Å². The molecule has 2 aromatic carbocycles. The lowest BCUT2D eigenvalue weighted by atomic mass is 10.2. The fourth-order valence-corrected chi connectivity index (χ4v) is 2.83. The average Bonchev–Trinajstić information content (AvgIpc) is 3.20. The second-order valence-corrected chi connectivity index (χ2v) is 5.80. The molecule has 0 fully saturated rings. The molecule has 0 spiro atoms. The minimum atomic E-state index is 0.399. The maximum atomic E-state index is 5.78. The van der Waals surface area contributed by atoms with Crippen molar-refractivity contribution in [3.63, 3.8) is 0 Å². The van der Waals surface area contributed by atoms with Crippen molar-refractivity contribution in [1.29, 1.82) is 0 Å². The van der Waals surface area contributed by atoms with Gasteiger partial charge < -0.3 is 19.2 Å². The lowest BCUT2D eigenvalue weighted by Gasteiger charge is -2.07. The Hall–Kier alpha value is -3.61. The first-order valence-electron chi connectivity index (χ1n) is 8.41. The van der Waals surface area contributed by atoms with Crippen LogP contribution in [0.1, 0.15) is 5.89 Å². The average molecular weight is 362 g/mol. The van der Waals surface area contributed by atoms with Gasteiger partial charge in [0.2, 0.25) is 11.8 Å². The summed E-state index contributed by atoms with van der Waals surface area (Å²) in [4.78, 5) is 4.43. The fraction of sp³-hybridized carbons (Fsp3) is 0.150. The zero-order valence-corrected chi connectivity index (χ0v) is 15.0. The van der Waals surface area contributed by atoms with Crippen LogP contribution in [0.25, 0.3) is 22.4 Å². The Labute approximate surface area is 156 Å². The van der Waals surface area contributed by atoms with Crippen molar-refractivity contribution in [2.24, 2.45) is 0 Å². The number of hydrogen-bond donors (Lipinski definition) is 1. The number of fused-ring (bicyclic) bond motifs is 1. The first kappa shape index (κ1) is 16.8. The molecule has 7 heteroatoms. The molecule has 0 unspecified atom stereocenters. The van der Waals surface area contributed by atoms with Crippen molar-refractivity contribution >= 4 is 16.6 Å². The van der Waals surface area contributed by atoms with Crippen molar-refractivity contribution in [3.8, 4) is 23.0 Å². The van der Waals surface area contributed by atoms with Gasteiger partial charge in [-0.25, -0.2) is 0 Å². The Morgan fingerprint density at radius 2 is 1.81 bits per heavy atom. The summed E-state index contributed by atoms with van der Waals surface area (Å²) in [6, 6.07) is 15.4. The minimum absolute atomic E-state index is 0.399. The van der Waals surface area contributed by atoms with E-state index < -0.39 is 0 Å². The van der Waals surface area contributed by atoms with Crippen LogP contribution < -0.4 is 14.8 Å². The van der Waals surface area contributed by atoms with Crippen molar-refractivity contribution in [2.75, 3.05) is 19.5 Å². The van der Waals surface area contributed by atoms with Gasteiger partial charge in [-0.05, 0) is 30.3 Å². The van der Waals surface area contributed by atoms with Gasteiger partial charge in [-0.2, -0.15) is 0 Å². The highest BCUT2D eigenvalue weighted by atomic mass is 16.5. The molecule has 2 heterocycles. The maximum Gasteiger partial charge on any atom is 0.247 e. The van der Waals surface area contributed by atoms with Crippen LogP contribution in [0.3, 0.4) is 0 Å². The number of ether oxygens (including phenoxy) is 2. The van der Waals surface area contributed by atoms with E-state index in [2.05, 4.69) is 20.5 Å². The molecule has 27 heavy (non-hydrogen) atoms. The Balaban J connectivity index is 1.53. The second-order valence-electron chi connectivity index (χ2n) is 5.80. The summed E-state index contributed by atoms with van der Waals surface area (Å²) in [6.07, 6.45) is 1.77. The molecule has 136 valence electrons. The molecular weight excluding hydrogens is 344 g/mol. The van der Waals surface area contributed by atoms with E-state index in [9.17, 15) is 0 Å². The fourth-order valence-electron chi connectivity index (χ4n) is 2.83. The van der Waals surface area contributed by atoms with Gasteiger partial charge in [0.25, 0.3) is 0 Å². The zero-order chi connectivity index (χ0) is 18.6. The summed E-state index contributed by atoms with van der Waals surface area (Å²) >= 11 is 0. The number of pyridine rings is 1. The highest BCUT2D eigenvalue weighted by molar-refractivity contribution is 5.90. The summed E-state index contributed by atoms with van der Waals surface area (Å²) in [5.74, 6) is 2.15. The van der Waals surface area contributed by atoms with Gasteiger partial charge in [-0.3, -0.25) is 4.98 Å². The van der Waals surface area contributed by atoms with Crippen LogP contribution in [0.2, 0.25) is 0 Å². The van der Waals surface area contributed by atoms with E-state index in [-0.39, 0.29) is 0 Å². The Kier molecular flexibility index (Phi) is 4.57. The predicted octanol–water partition coefficient (Wildman–Crippen LogP) is 3.91. The highest BCUT2D eigenvalue weighted by Gasteiger charge is 2.12. The summed E-state index contributed by atoms with van der Waals surface area (Å²) in [5, 5.41) is 12.6. The first-order chi connectivity index (χ1) is 13.3. The van der Waals surface area contributed by atoms with Gasteiger partial charge in [0.1, 0.15) is 0 Å². The highest BCUT2D eigenvalue weighted by Crippen LogP contribution is 2.31. The molecule has 0 aliphatic rings. The van der Waals surface area contributed by atoms with Gasteiger partial charge in [0.05, 0.1) is 32.0 Å². The van der Waals surface area contributed by atoms with Gasteiger partial charge in [-0.1, -0.05) is 18.2 Å². The quantitative estimate of drug-likeness (QED) is 0.557. The lowest BCUT2D eigenvalue weighted by molar-refractivity contribution is 0.355. The number of benzene rings is 2. The van der Waals surface area contributed by atoms with Gasteiger partial charge >= 0.3 is 0 Å². The third kappa shape index (κ3) is 3.39. The molecule has 0 saturated carbocycles. The SMILES string of the molecule is COc1ccc(-c2nnc(CNc3cccc4cccnc34)o2)cc1OC. The molecule has 2 aromatic heterocycles. The van der Waals surface area contributed by atoms with Crippen molar-refractivity contribution < 1.29 is 13.9 Å². The molecule has 0 saturated heterocycles. The van der Waals surface area contributed by atoms with E-state index >= 15 is 0 Å². The normalized spacial score (nSPS) is 10.7. The van der Waals surface area contributed by atoms with Gasteiger partial charge in [-0.15, -0.1) is 10.2 Å². The third-order valence-corrected chi connectivity index (χ3v) is 4.16. The van der Waals surface area contributed by atoms with E-state index in [1.165, 1.54) is 0 Å². The summed E-state index contributed by atoms with van der Waals surface area (Å²) in [6.45, 7) is 0.399. The molecule has 0 amide bonds. The number of nitrogens with zero attached hydrogens (tertiary/aromatic N) is 3. The molecule has 0 aliphatic heterocycles. The number of para-hydroxylation sites is 1. The number of aromatic nitrogens is 3. The molecule has 4 aromatic rings. The van der Waals surface area contributed by atoms with E-state index in [0.29, 0.717) is 29.8 Å². The molecule has 0 atom stereocenters. The van der Waals surface area contributed by atoms with Crippen molar-refractivity contribution in [3.05, 3.63) is 60.6 Å². The Bertz CT molecular complexity index is 1070. The smallest absolute Gasteiger partial charge is 0.247 e. The molecule has 4 rings (SSSR count). The van der Waals surface area contributed by atoms with Gasteiger partial charge in [0, 0.05) is 17.1 Å². The van der Waals surface area contributed by atoms with E-state index in [0.717, 1.165) is 22.2 Å². The maximum absolute atomic E-state index is 5.78. The van der Waals surface area contributed by atoms with E-state index in [4.69, 9.17) is 13.9 Å². The number of rotatable bonds is 6. The largest absolute Gasteiger partial charge is 0.493 e. The van der Waals surface area contributed by atoms with E-state index in [1.54, 1.807) is 32.5 Å². The summed E-state index contributed by atoms with van der Waals surface area (Å²) < 4.78 is 16.3. The first-order valence-corrected chi connectivity index (χ1v) is 8.41. The minimum Gasteiger partial charge on any atom is -0.493 e. The molecule has 1 N–H and O–H groups in total. The standard InChI is InChI=1S/C20H18N4O3/c1-25-16-9-8-14(11-17(16)26-2)20-24-23-18(27-20)12-22-15-7-3-5-13-6-4-10-21-19(13)15/h3-11,22H,12H2,1-2H3. The van der Waals surface area contributed by atoms with Crippen LogP contribution >= 0.6 is 0 Å². The van der Waals surface area contributed by atoms with Crippen molar-refractivity contribution in [1.82, 2.24) is 15.2 Å². The van der Waals surface area contributed by atoms with Crippen LogP contribution in [-0.4, -0.2) is 29.4 Å². The number of nitrogens with one attached hydrogen (secondary N) is 1. The van der Waals surface area contributed by atoms with Crippen molar-refractivity contribution in [2.45, 2.75) is 6.54 Å². The molecule has 0 aliphatic carbocycles. The third-order valence-electron chi connectivity index (χ3n) is 4.16. The monoisotopic (exact) mass is 362 g/mol. The molecule has 0 radical (unpaired) electrons. The molecule has 0 bridgehead atoms. The van der Waals surface area contributed by atoms with Crippen LogP contribution in [0.15, 0.2) is 59.1 Å². The van der Waals surface area contributed by atoms with Gasteiger partial charge in [0.15, 0.2) is 11.5 Å². The predicted molar refractivity (Wildman–Crippen MR) is 102 cm³/mol.